The molecule has 0 spiro atoms. The summed E-state index contributed by atoms with van der Waals surface area (Å²) >= 11 is 5.84. The first-order chi connectivity index (χ1) is 12.5. The Balaban J connectivity index is 1.49. The Morgan fingerprint density at radius 1 is 1.00 bits per heavy atom. The highest BCUT2D eigenvalue weighted by Crippen LogP contribution is 2.46. The molecule has 0 atom stereocenters. The third-order valence-corrected chi connectivity index (χ3v) is 4.88. The number of nitrogens with one attached hydrogen (secondary N) is 2. The lowest BCUT2D eigenvalue weighted by atomic mass is 10.0. The zero-order valence-corrected chi connectivity index (χ0v) is 15.0. The Morgan fingerprint density at radius 2 is 1.65 bits per heavy atom. The van der Waals surface area contributed by atoms with E-state index in [9.17, 15) is 14.0 Å². The molecule has 1 saturated carbocycles. The van der Waals surface area contributed by atoms with Crippen LogP contribution in [0, 0.1) is 11.2 Å². The predicted molar refractivity (Wildman–Crippen MR) is 98.1 cm³/mol. The third-order valence-electron chi connectivity index (χ3n) is 4.62. The van der Waals surface area contributed by atoms with E-state index in [-0.39, 0.29) is 17.6 Å². The van der Waals surface area contributed by atoms with Gasteiger partial charge in [-0.1, -0.05) is 41.9 Å². The molecule has 0 aliphatic heterocycles. The lowest BCUT2D eigenvalue weighted by Crippen LogP contribution is -2.43. The summed E-state index contributed by atoms with van der Waals surface area (Å²) in [6.45, 7) is 0.645. The zero-order chi connectivity index (χ0) is 18.6. The molecule has 1 aliphatic carbocycles. The molecule has 4 nitrogen and oxygen atoms in total. The van der Waals surface area contributed by atoms with Gasteiger partial charge >= 0.3 is 0 Å². The molecule has 0 saturated heterocycles. The molecule has 3 rings (SSSR count). The molecule has 2 aromatic rings. The van der Waals surface area contributed by atoms with Crippen molar-refractivity contribution in [3.05, 3.63) is 70.5 Å². The van der Waals surface area contributed by atoms with E-state index in [1.54, 1.807) is 30.3 Å². The van der Waals surface area contributed by atoms with E-state index < -0.39 is 5.41 Å². The summed E-state index contributed by atoms with van der Waals surface area (Å²) in [7, 11) is 0. The SMILES string of the molecule is O=C(NCCc1ccccc1F)C1(C(=O)NCc2ccc(Cl)cc2)CC1. The van der Waals surface area contributed by atoms with Gasteiger partial charge in [-0.3, -0.25) is 9.59 Å². The monoisotopic (exact) mass is 374 g/mol. The van der Waals surface area contributed by atoms with Crippen LogP contribution in [0.5, 0.6) is 0 Å². The first-order valence-electron chi connectivity index (χ1n) is 8.56. The maximum absolute atomic E-state index is 13.6. The number of halogens is 2. The molecular formula is C20H20ClFN2O2. The topological polar surface area (TPSA) is 58.2 Å². The highest BCUT2D eigenvalue weighted by atomic mass is 35.5. The van der Waals surface area contributed by atoms with Gasteiger partial charge < -0.3 is 10.6 Å². The average molecular weight is 375 g/mol. The van der Waals surface area contributed by atoms with Gasteiger partial charge in [-0.25, -0.2) is 4.39 Å². The first kappa shape index (κ1) is 18.4. The van der Waals surface area contributed by atoms with Crippen molar-refractivity contribution >= 4 is 23.4 Å². The van der Waals surface area contributed by atoms with Crippen LogP contribution in [0.25, 0.3) is 0 Å². The maximum atomic E-state index is 13.6. The minimum atomic E-state index is -0.984. The summed E-state index contributed by atoms with van der Waals surface area (Å²) in [5.74, 6) is -0.845. The van der Waals surface area contributed by atoms with E-state index >= 15 is 0 Å². The molecule has 0 aromatic heterocycles. The summed E-state index contributed by atoms with van der Waals surface area (Å²) < 4.78 is 13.6. The molecule has 0 heterocycles. The molecule has 0 unspecified atom stereocenters. The number of benzene rings is 2. The number of amides is 2. The van der Waals surface area contributed by atoms with E-state index in [1.807, 2.05) is 12.1 Å². The standard InChI is InChI=1S/C20H20ClFN2O2/c21-16-7-5-14(6-8-16)13-24-19(26)20(10-11-20)18(25)23-12-9-15-3-1-2-4-17(15)22/h1-8H,9-13H2,(H,23,25)(H,24,26). The van der Waals surface area contributed by atoms with Gasteiger partial charge in [0.1, 0.15) is 11.2 Å². The van der Waals surface area contributed by atoms with Crippen molar-refractivity contribution < 1.29 is 14.0 Å². The van der Waals surface area contributed by atoms with Crippen molar-refractivity contribution in [2.45, 2.75) is 25.8 Å². The Hall–Kier alpha value is -2.40. The Bertz CT molecular complexity index is 804. The van der Waals surface area contributed by atoms with Gasteiger partial charge in [0.2, 0.25) is 11.8 Å². The van der Waals surface area contributed by atoms with Gasteiger partial charge in [0.15, 0.2) is 0 Å². The summed E-state index contributed by atoms with van der Waals surface area (Å²) in [6.07, 6.45) is 1.46. The third kappa shape index (κ3) is 4.22. The highest BCUT2D eigenvalue weighted by Gasteiger charge is 2.56. The molecule has 2 amide bonds. The molecule has 6 heteroatoms. The number of hydrogen-bond donors (Lipinski definition) is 2. The van der Waals surface area contributed by atoms with Crippen molar-refractivity contribution in [1.29, 1.82) is 0 Å². The van der Waals surface area contributed by atoms with Gasteiger partial charge in [0.25, 0.3) is 0 Å². The van der Waals surface area contributed by atoms with Gasteiger partial charge in [0.05, 0.1) is 0 Å². The minimum absolute atomic E-state index is 0.268. The van der Waals surface area contributed by atoms with Crippen molar-refractivity contribution in [2.24, 2.45) is 5.41 Å². The van der Waals surface area contributed by atoms with E-state index in [0.717, 1.165) is 5.56 Å². The van der Waals surface area contributed by atoms with Crippen molar-refractivity contribution in [2.75, 3.05) is 6.54 Å². The van der Waals surface area contributed by atoms with Crippen LogP contribution in [0.1, 0.15) is 24.0 Å². The van der Waals surface area contributed by atoms with Crippen LogP contribution in [0.4, 0.5) is 4.39 Å². The zero-order valence-electron chi connectivity index (χ0n) is 14.2. The van der Waals surface area contributed by atoms with Crippen molar-refractivity contribution in [1.82, 2.24) is 10.6 Å². The average Bonchev–Trinajstić information content (AvgIpc) is 3.44. The minimum Gasteiger partial charge on any atom is -0.355 e. The second kappa shape index (κ2) is 7.87. The van der Waals surface area contributed by atoms with Crippen LogP contribution >= 0.6 is 11.6 Å². The van der Waals surface area contributed by atoms with Crippen LogP contribution in [0.3, 0.4) is 0 Å². The van der Waals surface area contributed by atoms with Crippen LogP contribution in [-0.4, -0.2) is 18.4 Å². The summed E-state index contributed by atoms with van der Waals surface area (Å²) in [4.78, 5) is 24.9. The number of carbonyl (C=O) groups excluding carboxylic acids is 2. The van der Waals surface area contributed by atoms with Gasteiger partial charge in [0, 0.05) is 18.1 Å². The summed E-state index contributed by atoms with van der Waals surface area (Å²) in [5, 5.41) is 6.21. The fraction of sp³-hybridized carbons (Fsp3) is 0.300. The molecule has 0 radical (unpaired) electrons. The molecule has 0 bridgehead atoms. The molecule has 2 N–H and O–H groups in total. The number of rotatable bonds is 7. The van der Waals surface area contributed by atoms with Gasteiger partial charge in [-0.2, -0.15) is 0 Å². The molecular weight excluding hydrogens is 355 g/mol. The van der Waals surface area contributed by atoms with E-state index in [1.165, 1.54) is 6.07 Å². The number of hydrogen-bond acceptors (Lipinski definition) is 2. The first-order valence-corrected chi connectivity index (χ1v) is 8.93. The van der Waals surface area contributed by atoms with Gasteiger partial charge in [-0.05, 0) is 48.6 Å². The second-order valence-corrected chi connectivity index (χ2v) is 6.92. The van der Waals surface area contributed by atoms with Gasteiger partial charge in [-0.15, -0.1) is 0 Å². The van der Waals surface area contributed by atoms with Crippen LogP contribution in [-0.2, 0) is 22.6 Å². The lowest BCUT2D eigenvalue weighted by molar-refractivity contribution is -0.137. The number of carbonyl (C=O) groups is 2. The van der Waals surface area contributed by atoms with E-state index in [4.69, 9.17) is 11.6 Å². The second-order valence-electron chi connectivity index (χ2n) is 6.49. The molecule has 1 fully saturated rings. The normalized spacial score (nSPS) is 14.5. The molecule has 1 aliphatic rings. The smallest absolute Gasteiger partial charge is 0.235 e. The maximum Gasteiger partial charge on any atom is 0.235 e. The molecule has 26 heavy (non-hydrogen) atoms. The van der Waals surface area contributed by atoms with Crippen molar-refractivity contribution in [3.63, 3.8) is 0 Å². The molecule has 136 valence electrons. The summed E-state index contributed by atoms with van der Waals surface area (Å²) in [6, 6.07) is 13.6. The van der Waals surface area contributed by atoms with E-state index in [2.05, 4.69) is 10.6 Å². The van der Waals surface area contributed by atoms with E-state index in [0.29, 0.717) is 42.9 Å². The Labute approximate surface area is 156 Å². The highest BCUT2D eigenvalue weighted by molar-refractivity contribution is 6.30. The largest absolute Gasteiger partial charge is 0.355 e. The van der Waals surface area contributed by atoms with Crippen LogP contribution < -0.4 is 10.6 Å². The quantitative estimate of drug-likeness (QED) is 0.731. The summed E-state index contributed by atoms with van der Waals surface area (Å²) in [5.41, 5.74) is 0.477. The Morgan fingerprint density at radius 3 is 2.31 bits per heavy atom. The van der Waals surface area contributed by atoms with Crippen molar-refractivity contribution in [3.8, 4) is 0 Å². The predicted octanol–water partition coefficient (Wildman–Crippen LogP) is 3.23. The van der Waals surface area contributed by atoms with Crippen LogP contribution in [0.2, 0.25) is 5.02 Å². The lowest BCUT2D eigenvalue weighted by Gasteiger charge is -2.15. The fourth-order valence-electron chi connectivity index (χ4n) is 2.82. The molecule has 2 aromatic carbocycles. The fourth-order valence-corrected chi connectivity index (χ4v) is 2.94. The van der Waals surface area contributed by atoms with Crippen LogP contribution in [0.15, 0.2) is 48.5 Å². The Kier molecular flexibility index (Phi) is 5.57.